The van der Waals surface area contributed by atoms with Gasteiger partial charge in [0, 0.05) is 34.8 Å². The van der Waals surface area contributed by atoms with Crippen molar-refractivity contribution in [1.29, 1.82) is 0 Å². The number of benzene rings is 2. The smallest absolute Gasteiger partial charge is 0.170 e. The number of fused-ring (bicyclic) bond motifs is 1. The molecule has 2 aromatic rings. The maximum Gasteiger partial charge on any atom is 0.170 e. The first-order valence-corrected chi connectivity index (χ1v) is 9.91. The highest BCUT2D eigenvalue weighted by Crippen LogP contribution is 2.32. The SMILES string of the molecule is S=C(NCCSCc1cccc(Cl)c1)Nc1ccc2c(c1)OCCO2. The van der Waals surface area contributed by atoms with Crippen molar-refractivity contribution in [3.05, 3.63) is 53.1 Å². The van der Waals surface area contributed by atoms with Gasteiger partial charge in [0.1, 0.15) is 13.2 Å². The molecule has 2 aromatic carbocycles. The van der Waals surface area contributed by atoms with Crippen LogP contribution in [0.1, 0.15) is 5.56 Å². The van der Waals surface area contributed by atoms with Gasteiger partial charge in [-0.05, 0) is 42.0 Å². The van der Waals surface area contributed by atoms with E-state index < -0.39 is 0 Å². The Morgan fingerprint density at radius 1 is 1.12 bits per heavy atom. The molecule has 3 rings (SSSR count). The highest BCUT2D eigenvalue weighted by atomic mass is 35.5. The Balaban J connectivity index is 1.37. The van der Waals surface area contributed by atoms with Crippen LogP contribution in [0.15, 0.2) is 42.5 Å². The fourth-order valence-corrected chi connectivity index (χ4v) is 3.59. The largest absolute Gasteiger partial charge is 0.486 e. The van der Waals surface area contributed by atoms with Crippen LogP contribution in [0.2, 0.25) is 5.02 Å². The van der Waals surface area contributed by atoms with Crippen molar-refractivity contribution in [2.24, 2.45) is 0 Å². The minimum Gasteiger partial charge on any atom is -0.486 e. The van der Waals surface area contributed by atoms with E-state index in [1.807, 2.05) is 48.2 Å². The first kappa shape index (κ1) is 18.2. The molecule has 0 unspecified atom stereocenters. The van der Waals surface area contributed by atoms with Gasteiger partial charge in [0.25, 0.3) is 0 Å². The van der Waals surface area contributed by atoms with Gasteiger partial charge < -0.3 is 20.1 Å². The minimum atomic E-state index is 0.572. The van der Waals surface area contributed by atoms with Crippen LogP contribution in [0.4, 0.5) is 5.69 Å². The van der Waals surface area contributed by atoms with Gasteiger partial charge >= 0.3 is 0 Å². The Morgan fingerprint density at radius 3 is 2.80 bits per heavy atom. The van der Waals surface area contributed by atoms with Gasteiger partial charge in [-0.15, -0.1) is 0 Å². The summed E-state index contributed by atoms with van der Waals surface area (Å²) in [6, 6.07) is 13.7. The molecule has 0 aliphatic carbocycles. The molecule has 0 radical (unpaired) electrons. The monoisotopic (exact) mass is 394 g/mol. The summed E-state index contributed by atoms with van der Waals surface area (Å²) in [5.74, 6) is 3.41. The number of hydrogen-bond acceptors (Lipinski definition) is 4. The molecule has 4 nitrogen and oxygen atoms in total. The summed E-state index contributed by atoms with van der Waals surface area (Å²) >= 11 is 13.2. The number of thioether (sulfide) groups is 1. The zero-order chi connectivity index (χ0) is 17.5. The average Bonchev–Trinajstić information content (AvgIpc) is 2.61. The Kier molecular flexibility index (Phi) is 6.67. The van der Waals surface area contributed by atoms with E-state index in [0.717, 1.165) is 40.3 Å². The number of rotatable bonds is 6. The van der Waals surface area contributed by atoms with Crippen molar-refractivity contribution >= 4 is 46.4 Å². The maximum atomic E-state index is 5.98. The topological polar surface area (TPSA) is 42.5 Å². The van der Waals surface area contributed by atoms with E-state index >= 15 is 0 Å². The highest BCUT2D eigenvalue weighted by molar-refractivity contribution is 7.98. The summed E-state index contributed by atoms with van der Waals surface area (Å²) < 4.78 is 11.1. The third-order valence-electron chi connectivity index (χ3n) is 3.49. The van der Waals surface area contributed by atoms with E-state index in [4.69, 9.17) is 33.3 Å². The van der Waals surface area contributed by atoms with Crippen LogP contribution in [-0.4, -0.2) is 30.6 Å². The van der Waals surface area contributed by atoms with Gasteiger partial charge in [0.15, 0.2) is 16.6 Å². The lowest BCUT2D eigenvalue weighted by atomic mass is 10.2. The molecule has 0 aromatic heterocycles. The first-order valence-electron chi connectivity index (χ1n) is 7.97. The van der Waals surface area contributed by atoms with Crippen LogP contribution in [0.3, 0.4) is 0 Å². The van der Waals surface area contributed by atoms with Crippen LogP contribution in [0.5, 0.6) is 11.5 Å². The molecule has 7 heteroatoms. The summed E-state index contributed by atoms with van der Waals surface area (Å²) in [7, 11) is 0. The number of hydrogen-bond donors (Lipinski definition) is 2. The molecule has 25 heavy (non-hydrogen) atoms. The number of ether oxygens (including phenoxy) is 2. The fourth-order valence-electron chi connectivity index (χ4n) is 2.35. The van der Waals surface area contributed by atoms with Gasteiger partial charge in [0.05, 0.1) is 0 Å². The number of thiocarbonyl (C=S) groups is 1. The Labute approximate surface area is 162 Å². The Morgan fingerprint density at radius 2 is 1.96 bits per heavy atom. The molecule has 2 N–H and O–H groups in total. The number of nitrogens with one attached hydrogen (secondary N) is 2. The summed E-state index contributed by atoms with van der Waals surface area (Å²) in [6.07, 6.45) is 0. The molecular weight excluding hydrogens is 376 g/mol. The lowest BCUT2D eigenvalue weighted by Gasteiger charge is -2.19. The molecule has 1 aliphatic rings. The van der Waals surface area contributed by atoms with Crippen molar-refractivity contribution in [2.75, 3.05) is 30.8 Å². The minimum absolute atomic E-state index is 0.572. The molecule has 0 saturated carbocycles. The lowest BCUT2D eigenvalue weighted by molar-refractivity contribution is 0.171. The fraction of sp³-hybridized carbons (Fsp3) is 0.278. The van der Waals surface area contributed by atoms with E-state index in [0.29, 0.717) is 18.3 Å². The molecule has 0 atom stereocenters. The van der Waals surface area contributed by atoms with Crippen molar-refractivity contribution in [2.45, 2.75) is 5.75 Å². The van der Waals surface area contributed by atoms with Crippen molar-refractivity contribution < 1.29 is 9.47 Å². The molecular formula is C18H19ClN2O2S2. The zero-order valence-corrected chi connectivity index (χ0v) is 16.0. The molecule has 0 bridgehead atoms. The van der Waals surface area contributed by atoms with Crippen LogP contribution in [-0.2, 0) is 5.75 Å². The van der Waals surface area contributed by atoms with Crippen molar-refractivity contribution in [3.63, 3.8) is 0 Å². The average molecular weight is 395 g/mol. The van der Waals surface area contributed by atoms with Crippen LogP contribution in [0, 0.1) is 0 Å². The lowest BCUT2D eigenvalue weighted by Crippen LogP contribution is -2.30. The van der Waals surface area contributed by atoms with Crippen LogP contribution in [0.25, 0.3) is 0 Å². The molecule has 1 heterocycles. The second kappa shape index (κ2) is 9.17. The summed E-state index contributed by atoms with van der Waals surface area (Å²) in [5.41, 5.74) is 2.11. The normalized spacial score (nSPS) is 12.5. The van der Waals surface area contributed by atoms with E-state index in [2.05, 4.69) is 16.7 Å². The predicted octanol–water partition coefficient (Wildman–Crippen LogP) is 4.33. The van der Waals surface area contributed by atoms with Gasteiger partial charge in [-0.2, -0.15) is 11.8 Å². The van der Waals surface area contributed by atoms with Gasteiger partial charge in [-0.3, -0.25) is 0 Å². The third kappa shape index (κ3) is 5.70. The van der Waals surface area contributed by atoms with Crippen molar-refractivity contribution in [3.8, 4) is 11.5 Å². The highest BCUT2D eigenvalue weighted by Gasteiger charge is 2.11. The molecule has 132 valence electrons. The zero-order valence-electron chi connectivity index (χ0n) is 13.6. The van der Waals surface area contributed by atoms with Crippen LogP contribution < -0.4 is 20.1 Å². The predicted molar refractivity (Wildman–Crippen MR) is 109 cm³/mol. The Bertz CT molecular complexity index is 743. The summed E-state index contributed by atoms with van der Waals surface area (Å²) in [6.45, 7) is 1.96. The molecule has 0 amide bonds. The molecule has 0 spiro atoms. The number of anilines is 1. The van der Waals surface area contributed by atoms with E-state index in [-0.39, 0.29) is 0 Å². The van der Waals surface area contributed by atoms with Gasteiger partial charge in [0.2, 0.25) is 0 Å². The van der Waals surface area contributed by atoms with E-state index in [1.165, 1.54) is 5.56 Å². The maximum absolute atomic E-state index is 5.98. The van der Waals surface area contributed by atoms with Crippen LogP contribution >= 0.6 is 35.6 Å². The Hall–Kier alpha value is -1.63. The first-order chi connectivity index (χ1) is 12.2. The second-order valence-corrected chi connectivity index (χ2v) is 7.37. The third-order valence-corrected chi connectivity index (χ3v) is 5.00. The summed E-state index contributed by atoms with van der Waals surface area (Å²) in [4.78, 5) is 0. The quantitative estimate of drug-likeness (QED) is 0.561. The van der Waals surface area contributed by atoms with Gasteiger partial charge in [-0.1, -0.05) is 23.7 Å². The van der Waals surface area contributed by atoms with E-state index in [9.17, 15) is 0 Å². The molecule has 0 fully saturated rings. The molecule has 0 saturated heterocycles. The second-order valence-electron chi connectivity index (χ2n) is 5.42. The summed E-state index contributed by atoms with van der Waals surface area (Å²) in [5, 5.41) is 7.75. The molecule has 1 aliphatic heterocycles. The van der Waals surface area contributed by atoms with Gasteiger partial charge in [-0.25, -0.2) is 0 Å². The van der Waals surface area contributed by atoms with E-state index in [1.54, 1.807) is 0 Å². The van der Waals surface area contributed by atoms with Crippen molar-refractivity contribution in [1.82, 2.24) is 5.32 Å². The standard InChI is InChI=1S/C18H19ClN2O2S2/c19-14-3-1-2-13(10-14)12-25-9-6-20-18(24)21-15-4-5-16-17(11-15)23-8-7-22-16/h1-5,10-11H,6-9,12H2,(H2,20,21,24). The number of halogens is 1.